The second kappa shape index (κ2) is 9.90. The Labute approximate surface area is 182 Å². The Morgan fingerprint density at radius 1 is 1.03 bits per heavy atom. The smallest absolute Gasteiger partial charge is 0.264 e. The Hall–Kier alpha value is -3.65. The van der Waals surface area contributed by atoms with Gasteiger partial charge in [-0.1, -0.05) is 54.1 Å². The number of amides is 1. The second-order valence-electron chi connectivity index (χ2n) is 6.73. The van der Waals surface area contributed by atoms with Crippen molar-refractivity contribution in [3.8, 4) is 5.75 Å². The molecule has 3 aromatic rings. The van der Waals surface area contributed by atoms with E-state index in [1.807, 2.05) is 31.2 Å². The SMILES string of the molecule is COc1cccc(N(CC(=O)N/N=C\c2ccc(C)cc2)S(=O)(=O)c2ccccc2)c1. The number of aryl methyl sites for hydroxylation is 1. The van der Waals surface area contributed by atoms with Gasteiger partial charge in [-0.25, -0.2) is 13.8 Å². The molecule has 160 valence electrons. The van der Waals surface area contributed by atoms with Crippen molar-refractivity contribution in [2.24, 2.45) is 5.10 Å². The zero-order chi connectivity index (χ0) is 22.3. The molecule has 0 aliphatic rings. The number of methoxy groups -OCH3 is 1. The molecule has 1 amide bonds. The van der Waals surface area contributed by atoms with Gasteiger partial charge in [0.15, 0.2) is 0 Å². The van der Waals surface area contributed by atoms with E-state index in [4.69, 9.17) is 4.74 Å². The van der Waals surface area contributed by atoms with Gasteiger partial charge in [-0.15, -0.1) is 0 Å². The van der Waals surface area contributed by atoms with E-state index in [0.29, 0.717) is 11.4 Å². The van der Waals surface area contributed by atoms with Crippen LogP contribution in [0.1, 0.15) is 11.1 Å². The first-order valence-corrected chi connectivity index (χ1v) is 10.9. The topological polar surface area (TPSA) is 88.1 Å². The minimum Gasteiger partial charge on any atom is -0.497 e. The lowest BCUT2D eigenvalue weighted by Gasteiger charge is -2.24. The number of carbonyl (C=O) groups excluding carboxylic acids is 1. The summed E-state index contributed by atoms with van der Waals surface area (Å²) in [6.07, 6.45) is 1.50. The highest BCUT2D eigenvalue weighted by atomic mass is 32.2. The Balaban J connectivity index is 1.84. The van der Waals surface area contributed by atoms with E-state index in [1.54, 1.807) is 42.5 Å². The minimum atomic E-state index is -3.99. The van der Waals surface area contributed by atoms with Crippen LogP contribution in [0.5, 0.6) is 5.75 Å². The van der Waals surface area contributed by atoms with E-state index in [1.165, 1.54) is 25.5 Å². The number of rotatable bonds is 8. The van der Waals surface area contributed by atoms with E-state index in [-0.39, 0.29) is 4.90 Å². The molecule has 31 heavy (non-hydrogen) atoms. The number of hydrogen-bond acceptors (Lipinski definition) is 5. The Bertz CT molecular complexity index is 1160. The molecule has 0 radical (unpaired) electrons. The number of nitrogens with one attached hydrogen (secondary N) is 1. The van der Waals surface area contributed by atoms with Gasteiger partial charge in [-0.3, -0.25) is 9.10 Å². The third-order valence-electron chi connectivity index (χ3n) is 4.44. The Kier molecular flexibility index (Phi) is 7.04. The average Bonchev–Trinajstić information content (AvgIpc) is 2.79. The number of nitrogens with zero attached hydrogens (tertiary/aromatic N) is 2. The molecule has 0 aliphatic heterocycles. The summed E-state index contributed by atoms with van der Waals surface area (Å²) < 4.78 is 32.8. The lowest BCUT2D eigenvalue weighted by atomic mass is 10.2. The maximum absolute atomic E-state index is 13.3. The van der Waals surface area contributed by atoms with E-state index in [0.717, 1.165) is 15.4 Å². The summed E-state index contributed by atoms with van der Waals surface area (Å²) in [5.74, 6) is -0.103. The van der Waals surface area contributed by atoms with Gasteiger partial charge in [0.1, 0.15) is 12.3 Å². The lowest BCUT2D eigenvalue weighted by molar-refractivity contribution is -0.119. The number of ether oxygens (including phenoxy) is 1. The fraction of sp³-hybridized carbons (Fsp3) is 0.130. The number of hydrogen-bond donors (Lipinski definition) is 1. The van der Waals surface area contributed by atoms with Crippen molar-refractivity contribution >= 4 is 27.8 Å². The molecule has 7 nitrogen and oxygen atoms in total. The van der Waals surface area contributed by atoms with Gasteiger partial charge in [-0.2, -0.15) is 5.10 Å². The molecule has 3 rings (SSSR count). The normalized spacial score (nSPS) is 11.3. The Morgan fingerprint density at radius 3 is 2.42 bits per heavy atom. The number of anilines is 1. The monoisotopic (exact) mass is 437 g/mol. The maximum atomic E-state index is 13.3. The molecule has 1 N–H and O–H groups in total. The molecule has 0 spiro atoms. The summed E-state index contributed by atoms with van der Waals surface area (Å²) in [5, 5.41) is 3.94. The molecular weight excluding hydrogens is 414 g/mol. The number of sulfonamides is 1. The standard InChI is InChI=1S/C23H23N3O4S/c1-18-11-13-19(14-12-18)16-24-25-23(27)17-26(20-7-6-8-21(15-20)30-2)31(28,29)22-9-4-3-5-10-22/h3-16H,17H2,1-2H3,(H,25,27)/b24-16-. The van der Waals surface area contributed by atoms with Gasteiger partial charge < -0.3 is 4.74 Å². The first kappa shape index (κ1) is 22.0. The van der Waals surface area contributed by atoms with Gasteiger partial charge >= 0.3 is 0 Å². The summed E-state index contributed by atoms with van der Waals surface area (Å²) in [4.78, 5) is 12.6. The van der Waals surface area contributed by atoms with Gasteiger partial charge in [0.25, 0.3) is 15.9 Å². The van der Waals surface area contributed by atoms with Crippen molar-refractivity contribution in [2.45, 2.75) is 11.8 Å². The van der Waals surface area contributed by atoms with Crippen molar-refractivity contribution in [1.82, 2.24) is 5.43 Å². The third-order valence-corrected chi connectivity index (χ3v) is 6.23. The molecule has 0 saturated carbocycles. The maximum Gasteiger partial charge on any atom is 0.264 e. The molecule has 0 fully saturated rings. The van der Waals surface area contributed by atoms with Crippen LogP contribution < -0.4 is 14.5 Å². The fourth-order valence-corrected chi connectivity index (χ4v) is 4.23. The molecule has 0 bridgehead atoms. The van der Waals surface area contributed by atoms with Gasteiger partial charge in [-0.05, 0) is 36.8 Å². The first-order valence-electron chi connectivity index (χ1n) is 9.50. The number of carbonyl (C=O) groups is 1. The molecule has 0 aliphatic carbocycles. The summed E-state index contributed by atoms with van der Waals surface area (Å²) >= 11 is 0. The van der Waals surface area contributed by atoms with Crippen molar-refractivity contribution in [3.05, 3.63) is 90.0 Å². The molecular formula is C23H23N3O4S. The largest absolute Gasteiger partial charge is 0.497 e. The molecule has 0 aromatic heterocycles. The van der Waals surface area contributed by atoms with E-state index >= 15 is 0 Å². The summed E-state index contributed by atoms with van der Waals surface area (Å²) in [6, 6.07) is 22.1. The highest BCUT2D eigenvalue weighted by Gasteiger charge is 2.27. The predicted molar refractivity (Wildman–Crippen MR) is 121 cm³/mol. The van der Waals surface area contributed by atoms with Crippen LogP contribution in [-0.4, -0.2) is 34.2 Å². The van der Waals surface area contributed by atoms with Gasteiger partial charge in [0, 0.05) is 6.07 Å². The van der Waals surface area contributed by atoms with Crippen LogP contribution in [-0.2, 0) is 14.8 Å². The third kappa shape index (κ3) is 5.70. The Morgan fingerprint density at radius 2 is 1.74 bits per heavy atom. The molecule has 0 atom stereocenters. The molecule has 3 aromatic carbocycles. The zero-order valence-corrected chi connectivity index (χ0v) is 18.0. The highest BCUT2D eigenvalue weighted by Crippen LogP contribution is 2.26. The van der Waals surface area contributed by atoms with Crippen molar-refractivity contribution < 1.29 is 17.9 Å². The molecule has 0 heterocycles. The summed E-state index contributed by atoms with van der Waals surface area (Å²) in [6.45, 7) is 1.53. The summed E-state index contributed by atoms with van der Waals surface area (Å²) in [7, 11) is -2.50. The molecule has 0 unspecified atom stereocenters. The van der Waals surface area contributed by atoms with Crippen LogP contribution in [0.15, 0.2) is 88.9 Å². The van der Waals surface area contributed by atoms with Gasteiger partial charge in [0.2, 0.25) is 0 Å². The van der Waals surface area contributed by atoms with Crippen LogP contribution in [0.25, 0.3) is 0 Å². The van der Waals surface area contributed by atoms with Crippen molar-refractivity contribution in [2.75, 3.05) is 18.0 Å². The van der Waals surface area contributed by atoms with Crippen molar-refractivity contribution in [1.29, 1.82) is 0 Å². The van der Waals surface area contributed by atoms with Gasteiger partial charge in [0.05, 0.1) is 23.9 Å². The van der Waals surface area contributed by atoms with Crippen LogP contribution in [0.2, 0.25) is 0 Å². The lowest BCUT2D eigenvalue weighted by Crippen LogP contribution is -2.39. The first-order chi connectivity index (χ1) is 14.9. The number of benzene rings is 3. The zero-order valence-electron chi connectivity index (χ0n) is 17.2. The second-order valence-corrected chi connectivity index (χ2v) is 8.59. The van der Waals surface area contributed by atoms with E-state index in [2.05, 4.69) is 10.5 Å². The predicted octanol–water partition coefficient (Wildman–Crippen LogP) is 3.35. The van der Waals surface area contributed by atoms with Crippen LogP contribution in [0.4, 0.5) is 5.69 Å². The quantitative estimate of drug-likeness (QED) is 0.432. The van der Waals surface area contributed by atoms with Crippen LogP contribution >= 0.6 is 0 Å². The fourth-order valence-electron chi connectivity index (χ4n) is 2.80. The van der Waals surface area contributed by atoms with Crippen molar-refractivity contribution in [3.63, 3.8) is 0 Å². The van der Waals surface area contributed by atoms with E-state index < -0.39 is 22.5 Å². The highest BCUT2D eigenvalue weighted by molar-refractivity contribution is 7.92. The van der Waals surface area contributed by atoms with Crippen LogP contribution in [0.3, 0.4) is 0 Å². The molecule has 8 heteroatoms. The summed E-state index contributed by atoms with van der Waals surface area (Å²) in [5.41, 5.74) is 4.62. The van der Waals surface area contributed by atoms with Crippen LogP contribution in [0, 0.1) is 6.92 Å². The number of hydrazone groups is 1. The average molecular weight is 438 g/mol. The molecule has 0 saturated heterocycles. The minimum absolute atomic E-state index is 0.0776. The van der Waals surface area contributed by atoms with E-state index in [9.17, 15) is 13.2 Å².